The van der Waals surface area contributed by atoms with Gasteiger partial charge in [0.1, 0.15) is 5.82 Å². The molecule has 1 spiro atoms. The Balaban J connectivity index is 1.78. The predicted molar refractivity (Wildman–Crippen MR) is 87.5 cm³/mol. The van der Waals surface area contributed by atoms with Crippen molar-refractivity contribution >= 4 is 17.8 Å². The second-order valence-corrected chi connectivity index (χ2v) is 6.90. The Labute approximate surface area is 145 Å². The van der Waals surface area contributed by atoms with Gasteiger partial charge in [0.05, 0.1) is 11.5 Å². The van der Waals surface area contributed by atoms with Crippen molar-refractivity contribution in [3.8, 4) is 0 Å². The van der Waals surface area contributed by atoms with Gasteiger partial charge in [-0.1, -0.05) is 0 Å². The number of carbonyl (C=O) groups is 3. The van der Waals surface area contributed by atoms with E-state index in [4.69, 9.17) is 0 Å². The van der Waals surface area contributed by atoms with Crippen molar-refractivity contribution in [2.75, 3.05) is 20.1 Å². The van der Waals surface area contributed by atoms with Crippen molar-refractivity contribution < 1.29 is 23.9 Å². The van der Waals surface area contributed by atoms with Crippen LogP contribution in [0.3, 0.4) is 0 Å². The molecule has 0 unspecified atom stereocenters. The summed E-state index contributed by atoms with van der Waals surface area (Å²) in [6.07, 6.45) is 0.868. The lowest BCUT2D eigenvalue weighted by molar-refractivity contribution is -0.145. The van der Waals surface area contributed by atoms with E-state index in [9.17, 15) is 23.9 Å². The Morgan fingerprint density at radius 2 is 1.92 bits per heavy atom. The molecule has 1 atom stereocenters. The molecule has 0 aromatic heterocycles. The van der Waals surface area contributed by atoms with Crippen molar-refractivity contribution in [1.29, 1.82) is 0 Å². The first-order chi connectivity index (χ1) is 11.8. The van der Waals surface area contributed by atoms with Gasteiger partial charge < -0.3 is 14.9 Å². The number of hydrogen-bond donors (Lipinski definition) is 1. The lowest BCUT2D eigenvalue weighted by Gasteiger charge is -2.45. The molecule has 134 valence electrons. The Hall–Kier alpha value is -2.44. The highest BCUT2D eigenvalue weighted by Crippen LogP contribution is 2.43. The Morgan fingerprint density at radius 3 is 2.48 bits per heavy atom. The third kappa shape index (κ3) is 2.77. The number of carboxylic acids is 1. The maximum Gasteiger partial charge on any atom is 0.309 e. The van der Waals surface area contributed by atoms with Crippen LogP contribution < -0.4 is 0 Å². The number of likely N-dealkylation sites (tertiary alicyclic amines) is 2. The molecule has 2 saturated heterocycles. The maximum atomic E-state index is 13.2. The van der Waals surface area contributed by atoms with Gasteiger partial charge in [-0.15, -0.1) is 0 Å². The summed E-state index contributed by atoms with van der Waals surface area (Å²) in [6, 6.07) is 4.06. The van der Waals surface area contributed by atoms with Crippen molar-refractivity contribution in [3.63, 3.8) is 0 Å². The van der Waals surface area contributed by atoms with Crippen molar-refractivity contribution in [1.82, 2.24) is 9.80 Å². The van der Waals surface area contributed by atoms with Gasteiger partial charge in [-0.25, -0.2) is 4.39 Å². The average Bonchev–Trinajstić information content (AvgIpc) is 2.80. The van der Waals surface area contributed by atoms with Gasteiger partial charge in [0.15, 0.2) is 0 Å². The zero-order chi connectivity index (χ0) is 18.4. The second-order valence-electron chi connectivity index (χ2n) is 6.90. The summed E-state index contributed by atoms with van der Waals surface area (Å²) in [5, 5.41) is 9.49. The topological polar surface area (TPSA) is 77.9 Å². The van der Waals surface area contributed by atoms with E-state index < -0.39 is 17.4 Å². The van der Waals surface area contributed by atoms with E-state index in [-0.39, 0.29) is 24.1 Å². The van der Waals surface area contributed by atoms with E-state index in [0.717, 1.165) is 0 Å². The quantitative estimate of drug-likeness (QED) is 0.882. The fourth-order valence-electron chi connectivity index (χ4n) is 4.12. The third-order valence-corrected chi connectivity index (χ3v) is 5.70. The van der Waals surface area contributed by atoms with Crippen LogP contribution in [0.4, 0.5) is 4.39 Å². The fraction of sp³-hybridized carbons (Fsp3) is 0.500. The minimum atomic E-state index is -0.966. The summed E-state index contributed by atoms with van der Waals surface area (Å²) in [5.74, 6) is -2.45. The average molecular weight is 348 g/mol. The van der Waals surface area contributed by atoms with Crippen LogP contribution in [0.2, 0.25) is 0 Å². The van der Waals surface area contributed by atoms with E-state index in [1.54, 1.807) is 23.8 Å². The number of aryl methyl sites for hydroxylation is 1. The van der Waals surface area contributed by atoms with Gasteiger partial charge in [0.25, 0.3) is 5.91 Å². The van der Waals surface area contributed by atoms with Gasteiger partial charge in [-0.2, -0.15) is 0 Å². The number of amides is 2. The molecule has 25 heavy (non-hydrogen) atoms. The summed E-state index contributed by atoms with van der Waals surface area (Å²) in [4.78, 5) is 39.5. The largest absolute Gasteiger partial charge is 0.481 e. The molecule has 0 aliphatic carbocycles. The third-order valence-electron chi connectivity index (χ3n) is 5.70. The van der Waals surface area contributed by atoms with E-state index in [0.29, 0.717) is 37.1 Å². The van der Waals surface area contributed by atoms with Crippen LogP contribution in [0.15, 0.2) is 18.2 Å². The standard InChI is InChI=1S/C18H21FN2O4/c1-11-9-12(19)3-4-13(11)16(23)21-7-5-18(6-8-21)14(17(24)25)10-15(22)20(18)2/h3-4,9,14H,5-8,10H2,1-2H3,(H,24,25)/t14-/m1/s1. The molecule has 0 saturated carbocycles. The number of piperidine rings is 1. The monoisotopic (exact) mass is 348 g/mol. The number of aliphatic carboxylic acids is 1. The number of carbonyl (C=O) groups excluding carboxylic acids is 2. The van der Waals surface area contributed by atoms with E-state index >= 15 is 0 Å². The molecule has 2 fully saturated rings. The summed E-state index contributed by atoms with van der Waals surface area (Å²) < 4.78 is 13.2. The molecule has 0 bridgehead atoms. The summed E-state index contributed by atoms with van der Waals surface area (Å²) in [5.41, 5.74) is 0.294. The lowest BCUT2D eigenvalue weighted by Crippen LogP contribution is -2.57. The van der Waals surface area contributed by atoms with Crippen molar-refractivity contribution in [2.45, 2.75) is 31.7 Å². The molecule has 2 amide bonds. The molecular weight excluding hydrogens is 327 g/mol. The Bertz CT molecular complexity index is 741. The highest BCUT2D eigenvalue weighted by atomic mass is 19.1. The van der Waals surface area contributed by atoms with E-state index in [1.165, 1.54) is 18.2 Å². The first-order valence-corrected chi connectivity index (χ1v) is 8.31. The summed E-state index contributed by atoms with van der Waals surface area (Å²) in [6.45, 7) is 2.43. The first-order valence-electron chi connectivity index (χ1n) is 8.31. The van der Waals surface area contributed by atoms with Crippen LogP contribution in [0, 0.1) is 18.7 Å². The summed E-state index contributed by atoms with van der Waals surface area (Å²) >= 11 is 0. The van der Waals surface area contributed by atoms with Crippen LogP contribution >= 0.6 is 0 Å². The number of hydrogen-bond acceptors (Lipinski definition) is 3. The second kappa shape index (κ2) is 6.13. The predicted octanol–water partition coefficient (Wildman–Crippen LogP) is 1.67. The van der Waals surface area contributed by atoms with Gasteiger partial charge in [-0.05, 0) is 43.5 Å². The summed E-state index contributed by atoms with van der Waals surface area (Å²) in [7, 11) is 1.65. The van der Waals surface area contributed by atoms with Crippen LogP contribution in [-0.2, 0) is 9.59 Å². The van der Waals surface area contributed by atoms with Gasteiger partial charge in [0, 0.05) is 32.1 Å². The highest BCUT2D eigenvalue weighted by Gasteiger charge is 2.55. The Morgan fingerprint density at radius 1 is 1.28 bits per heavy atom. The molecule has 2 aliphatic heterocycles. The van der Waals surface area contributed by atoms with Crippen molar-refractivity contribution in [3.05, 3.63) is 35.1 Å². The van der Waals surface area contributed by atoms with Crippen LogP contribution in [0.5, 0.6) is 0 Å². The van der Waals surface area contributed by atoms with Crippen LogP contribution in [0.1, 0.15) is 35.2 Å². The normalized spacial score (nSPS) is 22.5. The number of carboxylic acid groups (broad SMARTS) is 1. The van der Waals surface area contributed by atoms with E-state index in [2.05, 4.69) is 0 Å². The van der Waals surface area contributed by atoms with Gasteiger partial charge in [-0.3, -0.25) is 14.4 Å². The lowest BCUT2D eigenvalue weighted by atomic mass is 9.77. The zero-order valence-corrected chi connectivity index (χ0v) is 14.3. The van der Waals surface area contributed by atoms with Crippen LogP contribution in [-0.4, -0.2) is 58.4 Å². The fourth-order valence-corrected chi connectivity index (χ4v) is 4.12. The zero-order valence-electron chi connectivity index (χ0n) is 14.3. The molecule has 1 N–H and O–H groups in total. The van der Waals surface area contributed by atoms with Crippen LogP contribution in [0.25, 0.3) is 0 Å². The molecule has 7 heteroatoms. The Kier molecular flexibility index (Phi) is 4.26. The minimum absolute atomic E-state index is 0.0108. The molecule has 0 radical (unpaired) electrons. The molecule has 2 aliphatic rings. The SMILES string of the molecule is Cc1cc(F)ccc1C(=O)N1CCC2(CC1)[C@@H](C(=O)O)CC(=O)N2C. The molecule has 2 heterocycles. The number of rotatable bonds is 2. The number of halogens is 1. The first kappa shape index (κ1) is 17.4. The maximum absolute atomic E-state index is 13.2. The number of benzene rings is 1. The number of nitrogens with zero attached hydrogens (tertiary/aromatic N) is 2. The smallest absolute Gasteiger partial charge is 0.309 e. The molecule has 6 nitrogen and oxygen atoms in total. The molecule has 3 rings (SSSR count). The van der Waals surface area contributed by atoms with Gasteiger partial charge >= 0.3 is 5.97 Å². The molecular formula is C18H21FN2O4. The van der Waals surface area contributed by atoms with Crippen molar-refractivity contribution in [2.24, 2.45) is 5.92 Å². The molecule has 1 aromatic carbocycles. The highest BCUT2D eigenvalue weighted by molar-refractivity contribution is 5.96. The van der Waals surface area contributed by atoms with E-state index in [1.807, 2.05) is 0 Å². The minimum Gasteiger partial charge on any atom is -0.481 e. The molecule has 1 aromatic rings. The van der Waals surface area contributed by atoms with Gasteiger partial charge in [0.2, 0.25) is 5.91 Å².